The summed E-state index contributed by atoms with van der Waals surface area (Å²) >= 11 is 1.88. The first-order valence-corrected chi connectivity index (χ1v) is 8.01. The quantitative estimate of drug-likeness (QED) is 0.223. The van der Waals surface area contributed by atoms with Crippen LogP contribution in [-0.2, 0) is 0 Å². The van der Waals surface area contributed by atoms with Gasteiger partial charge in [0.15, 0.2) is 0 Å². The van der Waals surface area contributed by atoms with Crippen molar-refractivity contribution in [2.45, 2.75) is 50.0 Å². The Morgan fingerprint density at radius 1 is 1.37 bits per heavy atom. The van der Waals surface area contributed by atoms with E-state index in [4.69, 9.17) is 5.84 Å². The van der Waals surface area contributed by atoms with Crippen LogP contribution >= 0.6 is 11.8 Å². The lowest BCUT2D eigenvalue weighted by Gasteiger charge is -2.15. The van der Waals surface area contributed by atoms with E-state index in [2.05, 4.69) is 43.2 Å². The number of unbranched alkanes of at least 4 members (excludes halogenated alkanes) is 3. The van der Waals surface area contributed by atoms with Crippen LogP contribution in [0.15, 0.2) is 41.8 Å². The normalized spacial score (nSPS) is 12.3. The van der Waals surface area contributed by atoms with Crippen LogP contribution in [0.4, 0.5) is 0 Å². The van der Waals surface area contributed by atoms with E-state index < -0.39 is 0 Å². The Morgan fingerprint density at radius 2 is 2.21 bits per heavy atom. The van der Waals surface area contributed by atoms with Crippen molar-refractivity contribution in [3.05, 3.63) is 42.5 Å². The van der Waals surface area contributed by atoms with Crippen LogP contribution < -0.4 is 11.3 Å². The van der Waals surface area contributed by atoms with Gasteiger partial charge >= 0.3 is 0 Å². The standard InChI is InChI=1S/C16H26N2S/c1-3-4-5-6-7-10-15(18-17)13-19-16-11-8-9-14(2)12-16/h3,8-9,11-12,15,18H,1,4-7,10,13,17H2,2H3. The Kier molecular flexibility index (Phi) is 8.63. The first kappa shape index (κ1) is 16.3. The lowest BCUT2D eigenvalue weighted by molar-refractivity contribution is 0.503. The van der Waals surface area contributed by atoms with E-state index in [0.717, 1.165) is 18.6 Å². The van der Waals surface area contributed by atoms with Crippen LogP contribution in [0.1, 0.15) is 37.7 Å². The zero-order valence-corrected chi connectivity index (χ0v) is 12.7. The molecule has 19 heavy (non-hydrogen) atoms. The van der Waals surface area contributed by atoms with Crippen LogP contribution in [0.3, 0.4) is 0 Å². The Bertz CT molecular complexity index is 366. The summed E-state index contributed by atoms with van der Waals surface area (Å²) in [4.78, 5) is 1.33. The molecule has 2 nitrogen and oxygen atoms in total. The molecule has 0 amide bonds. The summed E-state index contributed by atoms with van der Waals surface area (Å²) in [5.41, 5.74) is 4.25. The second-order valence-corrected chi connectivity index (χ2v) is 6.01. The monoisotopic (exact) mass is 278 g/mol. The summed E-state index contributed by atoms with van der Waals surface area (Å²) < 4.78 is 0. The van der Waals surface area contributed by atoms with Gasteiger partial charge in [-0.25, -0.2) is 0 Å². The molecule has 1 aromatic carbocycles. The topological polar surface area (TPSA) is 38.0 Å². The maximum atomic E-state index is 5.63. The van der Waals surface area contributed by atoms with Crippen molar-refractivity contribution in [1.82, 2.24) is 5.43 Å². The molecule has 1 aromatic rings. The minimum absolute atomic E-state index is 0.397. The highest BCUT2D eigenvalue weighted by Crippen LogP contribution is 2.21. The Morgan fingerprint density at radius 3 is 2.89 bits per heavy atom. The smallest absolute Gasteiger partial charge is 0.0304 e. The third kappa shape index (κ3) is 7.41. The van der Waals surface area contributed by atoms with Crippen molar-refractivity contribution in [2.75, 3.05) is 5.75 Å². The lowest BCUT2D eigenvalue weighted by Crippen LogP contribution is -2.36. The number of hydrazine groups is 1. The summed E-state index contributed by atoms with van der Waals surface area (Å²) in [7, 11) is 0. The predicted molar refractivity (Wildman–Crippen MR) is 86.3 cm³/mol. The fourth-order valence-corrected chi connectivity index (χ4v) is 3.07. The van der Waals surface area contributed by atoms with Gasteiger partial charge in [-0.3, -0.25) is 11.3 Å². The van der Waals surface area contributed by atoms with Crippen LogP contribution in [0.25, 0.3) is 0 Å². The van der Waals surface area contributed by atoms with Crippen molar-refractivity contribution in [1.29, 1.82) is 0 Å². The first-order chi connectivity index (χ1) is 9.26. The molecule has 0 spiro atoms. The number of hydrogen-bond donors (Lipinski definition) is 2. The van der Waals surface area contributed by atoms with E-state index in [1.54, 1.807) is 0 Å². The SMILES string of the molecule is C=CCCCCCC(CSc1cccc(C)c1)NN. The first-order valence-electron chi connectivity index (χ1n) is 7.02. The van der Waals surface area contributed by atoms with Gasteiger partial charge in [0, 0.05) is 16.7 Å². The number of aryl methyl sites for hydroxylation is 1. The number of thioether (sulfide) groups is 1. The van der Waals surface area contributed by atoms with Gasteiger partial charge in [-0.05, 0) is 38.3 Å². The molecule has 0 fully saturated rings. The van der Waals surface area contributed by atoms with E-state index in [1.165, 1.54) is 29.7 Å². The molecular weight excluding hydrogens is 252 g/mol. The molecule has 0 aliphatic carbocycles. The molecule has 0 radical (unpaired) electrons. The third-order valence-corrected chi connectivity index (χ3v) is 4.29. The van der Waals surface area contributed by atoms with Crippen molar-refractivity contribution in [3.63, 3.8) is 0 Å². The van der Waals surface area contributed by atoms with Crippen molar-refractivity contribution < 1.29 is 0 Å². The van der Waals surface area contributed by atoms with Crippen molar-refractivity contribution in [2.24, 2.45) is 5.84 Å². The average molecular weight is 278 g/mol. The van der Waals surface area contributed by atoms with Crippen LogP contribution in [0.2, 0.25) is 0 Å². The summed E-state index contributed by atoms with van der Waals surface area (Å²) in [5.74, 6) is 6.66. The molecule has 3 N–H and O–H groups in total. The third-order valence-electron chi connectivity index (χ3n) is 3.14. The van der Waals surface area contributed by atoms with Crippen molar-refractivity contribution >= 4 is 11.8 Å². The zero-order chi connectivity index (χ0) is 13.9. The molecule has 0 saturated carbocycles. The molecule has 0 bridgehead atoms. The Hall–Kier alpha value is -0.770. The highest BCUT2D eigenvalue weighted by molar-refractivity contribution is 7.99. The van der Waals surface area contributed by atoms with Crippen LogP contribution in [0.5, 0.6) is 0 Å². The molecular formula is C16H26N2S. The van der Waals surface area contributed by atoms with Crippen LogP contribution in [-0.4, -0.2) is 11.8 Å². The number of nitrogens with one attached hydrogen (secondary N) is 1. The maximum Gasteiger partial charge on any atom is 0.0304 e. The predicted octanol–water partition coefficient (Wildman–Crippen LogP) is 4.06. The maximum absolute atomic E-state index is 5.63. The number of hydrogen-bond acceptors (Lipinski definition) is 3. The number of nitrogens with two attached hydrogens (primary N) is 1. The Balaban J connectivity index is 2.22. The molecule has 1 atom stereocenters. The zero-order valence-electron chi connectivity index (χ0n) is 11.9. The Labute approximate surface area is 121 Å². The van der Waals surface area contributed by atoms with Gasteiger partial charge in [-0.15, -0.1) is 18.3 Å². The van der Waals surface area contributed by atoms with Gasteiger partial charge < -0.3 is 0 Å². The van der Waals surface area contributed by atoms with Gasteiger partial charge in [-0.1, -0.05) is 36.6 Å². The lowest BCUT2D eigenvalue weighted by atomic mass is 10.1. The van der Waals surface area contributed by atoms with E-state index >= 15 is 0 Å². The number of rotatable bonds is 10. The molecule has 3 heteroatoms. The van der Waals surface area contributed by atoms with Gasteiger partial charge in [0.05, 0.1) is 0 Å². The van der Waals surface area contributed by atoms with Gasteiger partial charge in [0.2, 0.25) is 0 Å². The summed E-state index contributed by atoms with van der Waals surface area (Å²) in [5, 5.41) is 0. The van der Waals surface area contributed by atoms with Crippen LogP contribution in [0, 0.1) is 6.92 Å². The molecule has 0 heterocycles. The second-order valence-electron chi connectivity index (χ2n) is 4.92. The molecule has 1 unspecified atom stereocenters. The van der Waals surface area contributed by atoms with E-state index in [9.17, 15) is 0 Å². The average Bonchev–Trinajstić information content (AvgIpc) is 2.42. The molecule has 0 saturated heterocycles. The highest BCUT2D eigenvalue weighted by Gasteiger charge is 2.07. The van der Waals surface area contributed by atoms with E-state index in [0.29, 0.717) is 6.04 Å². The summed E-state index contributed by atoms with van der Waals surface area (Å²) in [6.45, 7) is 5.87. The van der Waals surface area contributed by atoms with Crippen molar-refractivity contribution in [3.8, 4) is 0 Å². The highest BCUT2D eigenvalue weighted by atomic mass is 32.2. The molecule has 0 aromatic heterocycles. The molecule has 0 aliphatic heterocycles. The fourth-order valence-electron chi connectivity index (χ4n) is 1.97. The van der Waals surface area contributed by atoms with E-state index in [-0.39, 0.29) is 0 Å². The summed E-state index contributed by atoms with van der Waals surface area (Å²) in [6, 6.07) is 9.02. The number of allylic oxidation sites excluding steroid dienone is 1. The minimum Gasteiger partial charge on any atom is -0.271 e. The van der Waals surface area contributed by atoms with Gasteiger partial charge in [0.25, 0.3) is 0 Å². The molecule has 1 rings (SSSR count). The fraction of sp³-hybridized carbons (Fsp3) is 0.500. The molecule has 106 valence electrons. The number of benzene rings is 1. The minimum atomic E-state index is 0.397. The summed E-state index contributed by atoms with van der Waals surface area (Å²) in [6.07, 6.45) is 8.00. The van der Waals surface area contributed by atoms with Gasteiger partial charge in [-0.2, -0.15) is 0 Å². The van der Waals surface area contributed by atoms with Gasteiger partial charge in [0.1, 0.15) is 0 Å². The largest absolute Gasteiger partial charge is 0.271 e. The van der Waals surface area contributed by atoms with E-state index in [1.807, 2.05) is 17.8 Å². The second kappa shape index (κ2) is 10.1. The molecule has 0 aliphatic rings.